The standard InChI is InChI=1S/C21H15F3N6O3S.C16H13ClFN3O2.C6H9N3O2S.C4H9O.Na.H2/c1-29-19-15(10-26-29)18-16(17(27-19)11-3-2-4-12(9-11)21(22,23)24)20(31)30(28-18)13-5-7-14(8-6-13)34(25,32)33;1-3-23-16(22)12-13(17)11-8-19-21(2)15(11)20-14(12)9-5-4-6-10(18)7-9;7-9-5-1-3-6(4-2-5)12(8,10)11;1-4(2,3)5;;/h2-10,28H,1H3,(H2,25,32,33);4-8H,3H2,1-2H3;1-4,9H,7H2,(H2,8,10,11);1-3H3;;1H/q;;;-1;+1;. The van der Waals surface area contributed by atoms with Gasteiger partial charge in [0.2, 0.25) is 20.0 Å². The Hall–Kier alpha value is -6.59. The maximum atomic E-state index is 13.6. The van der Waals surface area contributed by atoms with Gasteiger partial charge < -0.3 is 15.3 Å². The SMILES string of the molecule is CC(C)(C)[O-].CCOC(=O)c1c(-c2cccc(F)c2)nc2c(cnn2C)c1Cl.Cn1ncc2c3[nH]n(-c4ccc(S(N)(=O)=O)cc4)c(=O)c3c(-c3cccc(C(F)(F)F)c3)nc21.NNc1ccc(S(N)(=O)=O)cc1.[HH].[Na+]. The van der Waals surface area contributed by atoms with Crippen molar-refractivity contribution in [1.82, 2.24) is 39.3 Å². The van der Waals surface area contributed by atoms with Crippen LogP contribution in [0.15, 0.2) is 124 Å². The predicted octanol–water partition coefficient (Wildman–Crippen LogP) is 3.55. The number of aryl methyl sites for hydroxylation is 2. The van der Waals surface area contributed by atoms with E-state index in [0.717, 1.165) is 16.8 Å². The number of esters is 1. The van der Waals surface area contributed by atoms with E-state index < -0.39 is 54.7 Å². The van der Waals surface area contributed by atoms with E-state index in [9.17, 15) is 49.1 Å². The summed E-state index contributed by atoms with van der Waals surface area (Å²) in [6.07, 6.45) is -1.55. The van der Waals surface area contributed by atoms with Crippen molar-refractivity contribution in [2.45, 2.75) is 49.3 Å². The van der Waals surface area contributed by atoms with Gasteiger partial charge in [-0.25, -0.2) is 50.9 Å². The van der Waals surface area contributed by atoms with E-state index in [1.165, 1.54) is 89.9 Å². The molecule has 75 heavy (non-hydrogen) atoms. The maximum absolute atomic E-state index is 13.6. The first-order valence-electron chi connectivity index (χ1n) is 21.5. The van der Waals surface area contributed by atoms with Gasteiger partial charge >= 0.3 is 41.7 Å². The van der Waals surface area contributed by atoms with Crippen LogP contribution in [0.25, 0.3) is 61.2 Å². The number of alkyl halides is 3. The van der Waals surface area contributed by atoms with Crippen LogP contribution in [0.2, 0.25) is 5.02 Å². The van der Waals surface area contributed by atoms with Crippen molar-refractivity contribution in [2.75, 3.05) is 12.0 Å². The molecule has 9 rings (SSSR count). The molecule has 0 saturated carbocycles. The Morgan fingerprint density at radius 3 is 1.81 bits per heavy atom. The van der Waals surface area contributed by atoms with Gasteiger partial charge in [0, 0.05) is 32.3 Å². The van der Waals surface area contributed by atoms with Gasteiger partial charge in [0.05, 0.1) is 78.1 Å². The Morgan fingerprint density at radius 2 is 1.31 bits per heavy atom. The van der Waals surface area contributed by atoms with Crippen LogP contribution < -0.4 is 61.8 Å². The number of pyridine rings is 2. The zero-order chi connectivity index (χ0) is 54.7. The third kappa shape index (κ3) is 14.2. The smallest absolute Gasteiger partial charge is 0.850 e. The largest absolute Gasteiger partial charge is 1.00 e. The Balaban J connectivity index is 0.000000256. The van der Waals surface area contributed by atoms with Gasteiger partial charge in [-0.15, -0.1) is 5.60 Å². The molecule has 20 nitrogen and oxygen atoms in total. The minimum atomic E-state index is -4.57. The number of anilines is 1. The van der Waals surface area contributed by atoms with Gasteiger partial charge in [0.1, 0.15) is 11.4 Å². The van der Waals surface area contributed by atoms with Crippen LogP contribution in [0.5, 0.6) is 0 Å². The second kappa shape index (κ2) is 23.5. The summed E-state index contributed by atoms with van der Waals surface area (Å²) in [7, 11) is -4.19. The molecule has 9 aromatic rings. The fourth-order valence-corrected chi connectivity index (χ4v) is 8.20. The minimum absolute atomic E-state index is 0. The molecule has 0 atom stereocenters. The fraction of sp³-hybridized carbons (Fsp3) is 0.191. The van der Waals surface area contributed by atoms with Crippen LogP contribution in [0.3, 0.4) is 0 Å². The molecule has 0 fully saturated rings. The fourth-order valence-electron chi connectivity index (χ4n) is 6.87. The molecule has 5 heterocycles. The van der Waals surface area contributed by atoms with Crippen molar-refractivity contribution >= 4 is 76.3 Å². The molecular weight excluding hydrogens is 1060 g/mol. The van der Waals surface area contributed by atoms with Crippen LogP contribution in [-0.2, 0) is 45.1 Å². The van der Waals surface area contributed by atoms with Gasteiger partial charge in [-0.1, -0.05) is 56.6 Å². The number of halogens is 5. The minimum Gasteiger partial charge on any atom is -0.850 e. The van der Waals surface area contributed by atoms with Crippen molar-refractivity contribution in [3.8, 4) is 28.2 Å². The molecule has 8 N–H and O–H groups in total. The number of sulfonamides is 2. The van der Waals surface area contributed by atoms with E-state index in [1.54, 1.807) is 58.6 Å². The van der Waals surface area contributed by atoms with Gasteiger partial charge in [0.15, 0.2) is 11.3 Å². The molecule has 392 valence electrons. The molecule has 0 spiro atoms. The van der Waals surface area contributed by atoms with Crippen molar-refractivity contribution in [2.24, 2.45) is 30.2 Å². The average molecular weight is 1110 g/mol. The summed E-state index contributed by atoms with van der Waals surface area (Å²) < 4.78 is 107. The molecule has 0 unspecified atom stereocenters. The summed E-state index contributed by atoms with van der Waals surface area (Å²) in [5.41, 5.74) is 3.25. The number of nitrogens with zero attached hydrogens (tertiary/aromatic N) is 7. The second-order valence-corrected chi connectivity index (χ2v) is 20.3. The Bertz CT molecular complexity index is 3830. The number of nitrogens with one attached hydrogen (secondary N) is 2. The summed E-state index contributed by atoms with van der Waals surface area (Å²) in [5.74, 6) is 4.05. The molecule has 5 aromatic heterocycles. The van der Waals surface area contributed by atoms with E-state index in [0.29, 0.717) is 44.5 Å². The van der Waals surface area contributed by atoms with Crippen LogP contribution in [0.4, 0.5) is 23.2 Å². The van der Waals surface area contributed by atoms with E-state index in [4.69, 9.17) is 32.5 Å². The third-order valence-electron chi connectivity index (χ3n) is 10.2. The molecule has 0 aliphatic heterocycles. The number of benzene rings is 4. The van der Waals surface area contributed by atoms with E-state index in [-0.39, 0.29) is 80.3 Å². The molecule has 0 aliphatic rings. The Morgan fingerprint density at radius 1 is 0.813 bits per heavy atom. The summed E-state index contributed by atoms with van der Waals surface area (Å²) in [4.78, 5) is 34.6. The van der Waals surface area contributed by atoms with Crippen molar-refractivity contribution in [3.63, 3.8) is 0 Å². The van der Waals surface area contributed by atoms with E-state index >= 15 is 0 Å². The van der Waals surface area contributed by atoms with Gasteiger partial charge in [-0.2, -0.15) is 23.4 Å². The van der Waals surface area contributed by atoms with Crippen LogP contribution >= 0.6 is 11.6 Å². The number of hydrogen-bond acceptors (Lipinski definition) is 14. The molecule has 0 aliphatic carbocycles. The maximum Gasteiger partial charge on any atom is 1.00 e. The van der Waals surface area contributed by atoms with Crippen molar-refractivity contribution < 1.29 is 80.0 Å². The number of ether oxygens (including phenoxy) is 1. The van der Waals surface area contributed by atoms with Gasteiger partial charge in [0.25, 0.3) is 5.56 Å². The van der Waals surface area contributed by atoms with E-state index in [2.05, 4.69) is 30.7 Å². The molecule has 0 saturated heterocycles. The number of carbonyl (C=O) groups is 1. The van der Waals surface area contributed by atoms with Gasteiger partial charge in [-0.3, -0.25) is 25.1 Å². The summed E-state index contributed by atoms with van der Waals surface area (Å²) in [6, 6.07) is 21.4. The number of carbonyl (C=O) groups excluding carboxylic acids is 1. The van der Waals surface area contributed by atoms with Crippen LogP contribution in [0.1, 0.15) is 45.0 Å². The first-order chi connectivity index (χ1) is 34.5. The number of aromatic nitrogens is 8. The average Bonchev–Trinajstić information content (AvgIpc) is 4.01. The van der Waals surface area contributed by atoms with Crippen molar-refractivity contribution in [1.29, 1.82) is 0 Å². The number of hydrogen-bond donors (Lipinski definition) is 5. The number of primary sulfonamides is 2. The van der Waals surface area contributed by atoms with Crippen LogP contribution in [-0.4, -0.2) is 74.3 Å². The summed E-state index contributed by atoms with van der Waals surface area (Å²) in [6.45, 7) is 6.79. The monoisotopic (exact) mass is 1110 g/mol. The first-order valence-corrected chi connectivity index (χ1v) is 25.0. The number of aromatic amines is 1. The molecule has 0 bridgehead atoms. The molecule has 28 heteroatoms. The quantitative estimate of drug-likeness (QED) is 0.0478. The zero-order valence-corrected chi connectivity index (χ0v) is 45.3. The zero-order valence-electron chi connectivity index (χ0n) is 40.9. The Labute approximate surface area is 454 Å². The number of rotatable bonds is 8. The second-order valence-electron chi connectivity index (χ2n) is 16.8. The van der Waals surface area contributed by atoms with Crippen molar-refractivity contribution in [3.05, 3.63) is 142 Å². The predicted molar refractivity (Wildman–Crippen MR) is 270 cm³/mol. The van der Waals surface area contributed by atoms with Gasteiger partial charge in [-0.05, 0) is 79.7 Å². The third-order valence-corrected chi connectivity index (χ3v) is 12.4. The topological polar surface area (TPSA) is 307 Å². The molecule has 4 aromatic carbocycles. The normalized spacial score (nSPS) is 11.7. The first kappa shape index (κ1) is 59.3. The summed E-state index contributed by atoms with van der Waals surface area (Å²) >= 11 is 6.39. The van der Waals surface area contributed by atoms with E-state index in [1.807, 2.05) is 0 Å². The number of nitrogen functional groups attached to an aromatic ring is 1. The van der Waals surface area contributed by atoms with Crippen LogP contribution in [0, 0.1) is 5.82 Å². The molecular formula is C47H48ClF4N12NaO8S2. The Kier molecular flexibility index (Phi) is 18.6. The summed E-state index contributed by atoms with van der Waals surface area (Å²) in [5, 5.41) is 32.6. The number of hydrazine groups is 1. The molecule has 0 radical (unpaired) electrons. The molecule has 0 amide bonds. The number of H-pyrrole nitrogens is 1. The number of fused-ring (bicyclic) bond motifs is 4. The number of nitrogens with two attached hydrogens (primary N) is 3.